The second-order valence-corrected chi connectivity index (χ2v) is 6.51. The first-order valence-corrected chi connectivity index (χ1v) is 8.47. The highest BCUT2D eigenvalue weighted by molar-refractivity contribution is 7.71. The quantitative estimate of drug-likeness (QED) is 0.537. The van der Waals surface area contributed by atoms with E-state index >= 15 is 0 Å². The summed E-state index contributed by atoms with van der Waals surface area (Å²) in [7, 11) is 0. The summed E-state index contributed by atoms with van der Waals surface area (Å²) in [6.07, 6.45) is 1.61. The number of hydrogen-bond acceptors (Lipinski definition) is 4. The van der Waals surface area contributed by atoms with Crippen molar-refractivity contribution in [3.8, 4) is 5.69 Å². The number of rotatable bonds is 3. The van der Waals surface area contributed by atoms with Crippen LogP contribution in [0, 0.1) is 4.77 Å². The maximum atomic E-state index is 12.7. The van der Waals surface area contributed by atoms with Crippen LogP contribution in [-0.2, 0) is 0 Å². The Hall–Kier alpha value is -2.77. The molecule has 118 valence electrons. The summed E-state index contributed by atoms with van der Waals surface area (Å²) in [6.45, 7) is 0. The minimum atomic E-state index is -0.259. The Bertz CT molecular complexity index is 1050. The van der Waals surface area contributed by atoms with Crippen molar-refractivity contribution < 1.29 is 4.79 Å². The highest BCUT2D eigenvalue weighted by Crippen LogP contribution is 2.26. The predicted octanol–water partition coefficient (Wildman–Crippen LogP) is 4.40. The number of amides is 1. The van der Waals surface area contributed by atoms with Gasteiger partial charge in [0.15, 0.2) is 9.90 Å². The first kappa shape index (κ1) is 14.8. The van der Waals surface area contributed by atoms with Gasteiger partial charge in [0.2, 0.25) is 0 Å². The first-order chi connectivity index (χ1) is 11.7. The van der Waals surface area contributed by atoms with E-state index in [0.29, 0.717) is 15.6 Å². The zero-order valence-corrected chi connectivity index (χ0v) is 14.0. The van der Waals surface area contributed by atoms with Crippen LogP contribution in [0.5, 0.6) is 0 Å². The number of para-hydroxylation sites is 2. The lowest BCUT2D eigenvalue weighted by atomic mass is 10.3. The average Bonchev–Trinajstić information content (AvgIpc) is 3.18. The molecule has 0 bridgehead atoms. The van der Waals surface area contributed by atoms with Crippen LogP contribution in [0.1, 0.15) is 10.5 Å². The van der Waals surface area contributed by atoms with Gasteiger partial charge in [-0.25, -0.2) is 4.98 Å². The molecule has 2 N–H and O–H groups in total. The maximum Gasteiger partial charge on any atom is 0.276 e. The fourth-order valence-corrected chi connectivity index (χ4v) is 3.58. The first-order valence-electron chi connectivity index (χ1n) is 7.25. The molecule has 0 aliphatic carbocycles. The molecule has 0 atom stereocenters. The van der Waals surface area contributed by atoms with E-state index in [1.165, 1.54) is 11.3 Å². The molecule has 2 aromatic carbocycles. The Balaban J connectivity index is 1.69. The van der Waals surface area contributed by atoms with E-state index in [2.05, 4.69) is 15.3 Å². The highest BCUT2D eigenvalue weighted by atomic mass is 32.1. The molecule has 2 heterocycles. The largest absolute Gasteiger partial charge is 0.336 e. The molecule has 0 saturated heterocycles. The van der Waals surface area contributed by atoms with E-state index in [4.69, 9.17) is 12.2 Å². The van der Waals surface area contributed by atoms with Crippen LogP contribution >= 0.6 is 23.6 Å². The van der Waals surface area contributed by atoms with Crippen molar-refractivity contribution in [1.29, 1.82) is 0 Å². The molecule has 0 spiro atoms. The zero-order chi connectivity index (χ0) is 16.5. The van der Waals surface area contributed by atoms with Crippen molar-refractivity contribution in [3.63, 3.8) is 0 Å². The lowest BCUT2D eigenvalue weighted by Gasteiger charge is -2.07. The number of carbonyl (C=O) groups excluding carboxylic acids is 1. The van der Waals surface area contributed by atoms with Crippen molar-refractivity contribution in [2.24, 2.45) is 0 Å². The summed E-state index contributed by atoms with van der Waals surface area (Å²) in [5.41, 5.74) is 2.13. The summed E-state index contributed by atoms with van der Waals surface area (Å²) in [4.78, 5) is 20.0. The highest BCUT2D eigenvalue weighted by Gasteiger charge is 2.16. The number of aromatic nitrogens is 3. The van der Waals surface area contributed by atoms with E-state index in [0.717, 1.165) is 15.9 Å². The number of H-pyrrole nitrogens is 1. The van der Waals surface area contributed by atoms with Gasteiger partial charge in [0.1, 0.15) is 5.69 Å². The van der Waals surface area contributed by atoms with Gasteiger partial charge < -0.3 is 4.98 Å². The number of aromatic amines is 1. The third kappa shape index (κ3) is 2.64. The lowest BCUT2D eigenvalue weighted by Crippen LogP contribution is -2.16. The fraction of sp³-hybridized carbons (Fsp3) is 0. The molecule has 5 nitrogen and oxygen atoms in total. The SMILES string of the molecule is O=C(Nc1nc2ccccc2s1)c1c[nH]c(=S)n1-c1ccccc1. The Labute approximate surface area is 146 Å². The Kier molecular flexibility index (Phi) is 3.72. The van der Waals surface area contributed by atoms with Crippen LogP contribution < -0.4 is 5.32 Å². The molecular formula is C17H12N4OS2. The fourth-order valence-electron chi connectivity index (χ4n) is 2.46. The van der Waals surface area contributed by atoms with Gasteiger partial charge >= 0.3 is 0 Å². The second-order valence-electron chi connectivity index (χ2n) is 5.09. The number of imidazole rings is 1. The van der Waals surface area contributed by atoms with Crippen LogP contribution in [0.15, 0.2) is 60.8 Å². The summed E-state index contributed by atoms with van der Waals surface area (Å²) in [6, 6.07) is 17.3. The lowest BCUT2D eigenvalue weighted by molar-refractivity contribution is 0.102. The smallest absolute Gasteiger partial charge is 0.276 e. The molecular weight excluding hydrogens is 340 g/mol. The van der Waals surface area contributed by atoms with E-state index < -0.39 is 0 Å². The average molecular weight is 352 g/mol. The normalized spacial score (nSPS) is 10.8. The third-order valence-electron chi connectivity index (χ3n) is 3.54. The number of carbonyl (C=O) groups is 1. The zero-order valence-electron chi connectivity index (χ0n) is 12.4. The molecule has 0 unspecified atom stereocenters. The minimum Gasteiger partial charge on any atom is -0.336 e. The standard InChI is InChI=1S/C17H12N4OS2/c22-15(20-16-19-12-8-4-5-9-14(12)24-16)13-10-18-17(23)21(13)11-6-2-1-3-7-11/h1-10H,(H,18,23)(H,19,20,22). The van der Waals surface area contributed by atoms with Crippen LogP contribution in [0.25, 0.3) is 15.9 Å². The van der Waals surface area contributed by atoms with E-state index in [9.17, 15) is 4.79 Å². The Morgan fingerprint density at radius 1 is 1.12 bits per heavy atom. The van der Waals surface area contributed by atoms with Crippen LogP contribution in [-0.4, -0.2) is 20.4 Å². The second kappa shape index (κ2) is 6.03. The van der Waals surface area contributed by atoms with Crippen LogP contribution in [0.2, 0.25) is 0 Å². The van der Waals surface area contributed by atoms with E-state index in [-0.39, 0.29) is 5.91 Å². The van der Waals surface area contributed by atoms with E-state index in [1.54, 1.807) is 10.8 Å². The molecule has 2 aromatic heterocycles. The van der Waals surface area contributed by atoms with Gasteiger partial charge in [0, 0.05) is 11.9 Å². The summed E-state index contributed by atoms with van der Waals surface area (Å²) < 4.78 is 3.20. The topological polar surface area (TPSA) is 62.7 Å². The molecule has 0 aliphatic heterocycles. The summed E-state index contributed by atoms with van der Waals surface area (Å²) in [5.74, 6) is -0.259. The number of thiazole rings is 1. The van der Waals surface area contributed by atoms with Gasteiger partial charge in [-0.15, -0.1) is 0 Å². The van der Waals surface area contributed by atoms with Gasteiger partial charge in [-0.2, -0.15) is 0 Å². The van der Waals surface area contributed by atoms with E-state index in [1.807, 2.05) is 54.6 Å². The number of nitrogens with one attached hydrogen (secondary N) is 2. The van der Waals surface area contributed by atoms with Crippen LogP contribution in [0.4, 0.5) is 5.13 Å². The molecule has 0 fully saturated rings. The number of anilines is 1. The summed E-state index contributed by atoms with van der Waals surface area (Å²) >= 11 is 6.75. The van der Waals surface area contributed by atoms with Gasteiger partial charge in [0.25, 0.3) is 5.91 Å². The third-order valence-corrected chi connectivity index (χ3v) is 4.79. The van der Waals surface area contributed by atoms with Crippen molar-refractivity contribution in [1.82, 2.24) is 14.5 Å². The number of nitrogens with zero attached hydrogens (tertiary/aromatic N) is 2. The molecule has 0 saturated carbocycles. The van der Waals surface area contributed by atoms with Crippen molar-refractivity contribution in [2.75, 3.05) is 5.32 Å². The molecule has 4 rings (SSSR count). The molecule has 0 aliphatic rings. The van der Waals surface area contributed by atoms with Gasteiger partial charge in [-0.3, -0.25) is 14.7 Å². The van der Waals surface area contributed by atoms with Gasteiger partial charge in [0.05, 0.1) is 10.2 Å². The summed E-state index contributed by atoms with van der Waals surface area (Å²) in [5, 5.41) is 3.42. The predicted molar refractivity (Wildman–Crippen MR) is 98.5 cm³/mol. The molecule has 7 heteroatoms. The molecule has 0 radical (unpaired) electrons. The number of fused-ring (bicyclic) bond motifs is 1. The van der Waals surface area contributed by atoms with Crippen molar-refractivity contribution >= 4 is 44.8 Å². The van der Waals surface area contributed by atoms with Gasteiger partial charge in [-0.05, 0) is 36.5 Å². The Morgan fingerprint density at radius 3 is 2.67 bits per heavy atom. The van der Waals surface area contributed by atoms with Crippen molar-refractivity contribution in [2.45, 2.75) is 0 Å². The minimum absolute atomic E-state index is 0.259. The number of benzene rings is 2. The Morgan fingerprint density at radius 2 is 1.88 bits per heavy atom. The van der Waals surface area contributed by atoms with Crippen molar-refractivity contribution in [3.05, 3.63) is 71.3 Å². The molecule has 1 amide bonds. The monoisotopic (exact) mass is 352 g/mol. The number of hydrogen-bond donors (Lipinski definition) is 2. The van der Waals surface area contributed by atoms with Crippen LogP contribution in [0.3, 0.4) is 0 Å². The maximum absolute atomic E-state index is 12.7. The molecule has 24 heavy (non-hydrogen) atoms. The van der Waals surface area contributed by atoms with Gasteiger partial charge in [-0.1, -0.05) is 41.7 Å². The molecule has 4 aromatic rings.